The number of nitrogens with one attached hydrogen (secondary N) is 1. The molecular weight excluding hydrogens is 262 g/mol. The summed E-state index contributed by atoms with van der Waals surface area (Å²) in [6, 6.07) is 0. The summed E-state index contributed by atoms with van der Waals surface area (Å²) in [5.74, 6) is -1.27. The van der Waals surface area contributed by atoms with Crippen molar-refractivity contribution in [2.24, 2.45) is 7.05 Å². The van der Waals surface area contributed by atoms with Crippen molar-refractivity contribution in [2.75, 3.05) is 26.0 Å². The summed E-state index contributed by atoms with van der Waals surface area (Å²) in [7, 11) is 4.98. The molecule has 0 bridgehead atoms. The van der Waals surface area contributed by atoms with Gasteiger partial charge in [0.1, 0.15) is 5.56 Å². The number of carbonyl (C=O) groups excluding carboxylic acids is 1. The Morgan fingerprint density at radius 2 is 2.10 bits per heavy atom. The van der Waals surface area contributed by atoms with Gasteiger partial charge in [-0.15, -0.1) is 0 Å². The molecular formula is C12H15N5O3. The molecule has 8 nitrogen and oxygen atoms in total. The molecule has 2 aromatic rings. The number of carboxylic acid groups (broad SMARTS) is 1. The van der Waals surface area contributed by atoms with E-state index in [-0.39, 0.29) is 18.0 Å². The molecule has 106 valence electrons. The molecule has 0 aliphatic carbocycles. The zero-order valence-electron chi connectivity index (χ0n) is 11.4. The van der Waals surface area contributed by atoms with Crippen molar-refractivity contribution in [3.63, 3.8) is 0 Å². The Hall–Kier alpha value is -2.64. The lowest BCUT2D eigenvalue weighted by Gasteiger charge is -2.13. The molecule has 2 heterocycles. The average molecular weight is 277 g/mol. The number of nitrogens with zero attached hydrogens (tertiary/aromatic N) is 4. The molecule has 0 atom stereocenters. The van der Waals surface area contributed by atoms with Crippen LogP contribution in [0.2, 0.25) is 0 Å². The number of aromatic nitrogens is 3. The zero-order valence-corrected chi connectivity index (χ0v) is 11.4. The summed E-state index contributed by atoms with van der Waals surface area (Å²) in [5.41, 5.74) is 0.914. The Balaban J connectivity index is 2.44. The Morgan fingerprint density at radius 3 is 2.70 bits per heavy atom. The van der Waals surface area contributed by atoms with E-state index in [9.17, 15) is 14.7 Å². The van der Waals surface area contributed by atoms with Crippen LogP contribution in [0.5, 0.6) is 0 Å². The van der Waals surface area contributed by atoms with Crippen LogP contribution in [-0.2, 0) is 11.8 Å². The van der Waals surface area contributed by atoms with Crippen molar-refractivity contribution in [2.45, 2.75) is 0 Å². The van der Waals surface area contributed by atoms with Crippen LogP contribution >= 0.6 is 0 Å². The highest BCUT2D eigenvalue weighted by Gasteiger charge is 2.17. The van der Waals surface area contributed by atoms with E-state index in [1.165, 1.54) is 17.3 Å². The summed E-state index contributed by atoms with van der Waals surface area (Å²) < 4.78 is 1.54. The number of amides is 1. The number of fused-ring (bicyclic) bond motifs is 1. The summed E-state index contributed by atoms with van der Waals surface area (Å²) >= 11 is 0. The quantitative estimate of drug-likeness (QED) is 0.826. The smallest absolute Gasteiger partial charge is 0.339 e. The molecule has 2 N–H and O–H groups in total. The van der Waals surface area contributed by atoms with Gasteiger partial charge in [-0.25, -0.2) is 9.78 Å². The van der Waals surface area contributed by atoms with Gasteiger partial charge in [-0.2, -0.15) is 5.10 Å². The van der Waals surface area contributed by atoms with Crippen molar-refractivity contribution < 1.29 is 14.7 Å². The van der Waals surface area contributed by atoms with E-state index in [4.69, 9.17) is 0 Å². The number of anilines is 1. The average Bonchev–Trinajstić information content (AvgIpc) is 2.77. The van der Waals surface area contributed by atoms with Crippen LogP contribution in [0.4, 0.5) is 5.69 Å². The first-order valence-electron chi connectivity index (χ1n) is 5.90. The van der Waals surface area contributed by atoms with Crippen LogP contribution < -0.4 is 5.32 Å². The molecule has 0 aliphatic rings. The molecule has 0 saturated heterocycles. The minimum Gasteiger partial charge on any atom is -0.478 e. The zero-order chi connectivity index (χ0) is 14.9. The third-order valence-electron chi connectivity index (χ3n) is 2.91. The number of carbonyl (C=O) groups is 2. The third-order valence-corrected chi connectivity index (χ3v) is 2.91. The topological polar surface area (TPSA) is 100 Å². The third kappa shape index (κ3) is 2.40. The van der Waals surface area contributed by atoms with Crippen LogP contribution in [0.1, 0.15) is 10.4 Å². The largest absolute Gasteiger partial charge is 0.478 e. The molecule has 0 fully saturated rings. The highest BCUT2D eigenvalue weighted by molar-refractivity contribution is 6.04. The molecule has 8 heteroatoms. The van der Waals surface area contributed by atoms with Gasteiger partial charge in [0.25, 0.3) is 0 Å². The van der Waals surface area contributed by atoms with Crippen LogP contribution in [0.25, 0.3) is 11.0 Å². The van der Waals surface area contributed by atoms with Crippen molar-refractivity contribution in [1.82, 2.24) is 19.7 Å². The first kappa shape index (κ1) is 13.8. The van der Waals surface area contributed by atoms with Crippen molar-refractivity contribution >= 4 is 28.6 Å². The van der Waals surface area contributed by atoms with Crippen molar-refractivity contribution in [3.05, 3.63) is 18.0 Å². The number of aromatic carboxylic acids is 1. The lowest BCUT2D eigenvalue weighted by atomic mass is 10.2. The van der Waals surface area contributed by atoms with Crippen LogP contribution in [0.3, 0.4) is 0 Å². The molecule has 0 saturated carbocycles. The number of hydrogen-bond acceptors (Lipinski definition) is 5. The van der Waals surface area contributed by atoms with E-state index in [0.29, 0.717) is 16.7 Å². The van der Waals surface area contributed by atoms with Crippen LogP contribution in [0, 0.1) is 0 Å². The molecule has 0 spiro atoms. The predicted octanol–water partition coefficient (Wildman–Crippen LogP) is 0.167. The van der Waals surface area contributed by atoms with Gasteiger partial charge in [0.05, 0.1) is 23.8 Å². The number of carboxylic acids is 1. The maximum atomic E-state index is 11.6. The van der Waals surface area contributed by atoms with E-state index in [0.717, 1.165) is 0 Å². The SMILES string of the molecule is CN(C)C(=O)CNc1c(C(=O)O)cnc2c1cnn2C. The molecule has 0 radical (unpaired) electrons. The van der Waals surface area contributed by atoms with Gasteiger partial charge < -0.3 is 15.3 Å². The minimum absolute atomic E-state index is 0.00128. The van der Waals surface area contributed by atoms with E-state index in [1.807, 2.05) is 0 Å². The first-order chi connectivity index (χ1) is 9.41. The molecule has 0 aromatic carbocycles. The van der Waals surface area contributed by atoms with E-state index >= 15 is 0 Å². The Labute approximate surface area is 115 Å². The maximum absolute atomic E-state index is 11.6. The number of aryl methyl sites for hydroxylation is 1. The molecule has 0 aliphatic heterocycles. The Bertz CT molecular complexity index is 677. The molecule has 2 aromatic heterocycles. The first-order valence-corrected chi connectivity index (χ1v) is 5.90. The summed E-state index contributed by atoms with van der Waals surface area (Å²) in [4.78, 5) is 28.4. The second-order valence-corrected chi connectivity index (χ2v) is 4.50. The normalized spacial score (nSPS) is 10.6. The fourth-order valence-electron chi connectivity index (χ4n) is 1.77. The fraction of sp³-hybridized carbons (Fsp3) is 0.333. The van der Waals surface area contributed by atoms with Gasteiger partial charge >= 0.3 is 5.97 Å². The Morgan fingerprint density at radius 1 is 1.40 bits per heavy atom. The summed E-state index contributed by atoms with van der Waals surface area (Å²) in [6.45, 7) is 0.00128. The predicted molar refractivity (Wildman–Crippen MR) is 72.7 cm³/mol. The number of pyridine rings is 1. The molecule has 1 amide bonds. The fourth-order valence-corrected chi connectivity index (χ4v) is 1.77. The molecule has 20 heavy (non-hydrogen) atoms. The standard InChI is InChI=1S/C12H15N5O3/c1-16(2)9(18)6-13-10-7-5-15-17(3)11(7)14-4-8(10)12(19)20/h4-5H,6H2,1-3H3,(H,13,14)(H,19,20). The van der Waals surface area contributed by atoms with E-state index < -0.39 is 5.97 Å². The second-order valence-electron chi connectivity index (χ2n) is 4.50. The van der Waals surface area contributed by atoms with E-state index in [2.05, 4.69) is 15.4 Å². The molecule has 2 rings (SSSR count). The van der Waals surface area contributed by atoms with Crippen LogP contribution in [-0.4, -0.2) is 57.3 Å². The van der Waals surface area contributed by atoms with Gasteiger partial charge in [0.15, 0.2) is 5.65 Å². The van der Waals surface area contributed by atoms with Gasteiger partial charge in [0.2, 0.25) is 5.91 Å². The van der Waals surface area contributed by atoms with Gasteiger partial charge in [-0.05, 0) is 0 Å². The number of rotatable bonds is 4. The van der Waals surface area contributed by atoms with Gasteiger partial charge in [0, 0.05) is 27.3 Å². The monoisotopic (exact) mass is 277 g/mol. The highest BCUT2D eigenvalue weighted by Crippen LogP contribution is 2.25. The van der Waals surface area contributed by atoms with Gasteiger partial charge in [-0.1, -0.05) is 0 Å². The summed E-state index contributed by atoms with van der Waals surface area (Å²) in [5, 5.41) is 16.7. The number of likely N-dealkylation sites (N-methyl/N-ethyl adjacent to an activating group) is 1. The Kier molecular flexibility index (Phi) is 3.55. The van der Waals surface area contributed by atoms with Gasteiger partial charge in [-0.3, -0.25) is 9.48 Å². The van der Waals surface area contributed by atoms with Crippen molar-refractivity contribution in [3.8, 4) is 0 Å². The minimum atomic E-state index is -1.11. The van der Waals surface area contributed by atoms with E-state index in [1.54, 1.807) is 25.8 Å². The summed E-state index contributed by atoms with van der Waals surface area (Å²) in [6.07, 6.45) is 2.78. The molecule has 0 unspecified atom stereocenters. The van der Waals surface area contributed by atoms with Crippen LogP contribution in [0.15, 0.2) is 12.4 Å². The second kappa shape index (κ2) is 5.16. The van der Waals surface area contributed by atoms with Crippen molar-refractivity contribution in [1.29, 1.82) is 0 Å². The maximum Gasteiger partial charge on any atom is 0.339 e. The lowest BCUT2D eigenvalue weighted by Crippen LogP contribution is -2.29. The number of hydrogen-bond donors (Lipinski definition) is 2. The highest BCUT2D eigenvalue weighted by atomic mass is 16.4. The lowest BCUT2D eigenvalue weighted by molar-refractivity contribution is -0.126.